The Kier molecular flexibility index (Phi) is 4.81. The molecule has 0 aliphatic heterocycles. The highest BCUT2D eigenvalue weighted by Gasteiger charge is 2.11. The van der Waals surface area contributed by atoms with E-state index in [0.717, 1.165) is 34.9 Å². The molecule has 4 heteroatoms. The Morgan fingerprint density at radius 1 is 1.24 bits per heavy atom. The normalized spacial score (nSPS) is 10.5. The van der Waals surface area contributed by atoms with Crippen molar-refractivity contribution in [2.45, 2.75) is 26.9 Å². The van der Waals surface area contributed by atoms with E-state index >= 15 is 0 Å². The van der Waals surface area contributed by atoms with Gasteiger partial charge in [0.25, 0.3) is 0 Å². The van der Waals surface area contributed by atoms with Gasteiger partial charge in [0.1, 0.15) is 5.75 Å². The van der Waals surface area contributed by atoms with Crippen molar-refractivity contribution in [3.05, 3.63) is 52.8 Å². The molecule has 112 valence electrons. The second kappa shape index (κ2) is 6.59. The summed E-state index contributed by atoms with van der Waals surface area (Å²) in [5.41, 5.74) is 11.4. The standard InChI is InChI=1S/C17H23N3O/c1-12-8-17(16(10-18)13(2)19-12)20(3)11-14-6-5-7-15(9-14)21-4/h5-9H,10-11,18H2,1-4H3. The largest absolute Gasteiger partial charge is 0.497 e. The molecule has 0 aliphatic rings. The number of aromatic nitrogens is 1. The summed E-state index contributed by atoms with van der Waals surface area (Å²) in [6.07, 6.45) is 0. The first-order valence-corrected chi connectivity index (χ1v) is 7.06. The molecule has 1 aromatic carbocycles. The third-order valence-corrected chi connectivity index (χ3v) is 3.60. The van der Waals surface area contributed by atoms with Crippen LogP contribution in [0.2, 0.25) is 0 Å². The van der Waals surface area contributed by atoms with Gasteiger partial charge in [-0.25, -0.2) is 0 Å². The van der Waals surface area contributed by atoms with Gasteiger partial charge >= 0.3 is 0 Å². The molecule has 0 bridgehead atoms. The van der Waals surface area contributed by atoms with Crippen molar-refractivity contribution in [1.29, 1.82) is 0 Å². The predicted molar refractivity (Wildman–Crippen MR) is 86.7 cm³/mol. The van der Waals surface area contributed by atoms with Crippen LogP contribution in [0.1, 0.15) is 22.5 Å². The van der Waals surface area contributed by atoms with Gasteiger partial charge in [0, 0.05) is 42.8 Å². The van der Waals surface area contributed by atoms with Crippen molar-refractivity contribution in [2.75, 3.05) is 19.1 Å². The van der Waals surface area contributed by atoms with Crippen molar-refractivity contribution < 1.29 is 4.74 Å². The van der Waals surface area contributed by atoms with E-state index in [0.29, 0.717) is 6.54 Å². The number of nitrogens with zero attached hydrogens (tertiary/aromatic N) is 2. The maximum absolute atomic E-state index is 5.89. The van der Waals surface area contributed by atoms with Gasteiger partial charge < -0.3 is 15.4 Å². The SMILES string of the molecule is COc1cccc(CN(C)c2cc(C)nc(C)c2CN)c1. The lowest BCUT2D eigenvalue weighted by molar-refractivity contribution is 0.414. The van der Waals surface area contributed by atoms with Crippen LogP contribution in [0.25, 0.3) is 0 Å². The number of hydrogen-bond acceptors (Lipinski definition) is 4. The Morgan fingerprint density at radius 3 is 2.67 bits per heavy atom. The Hall–Kier alpha value is -2.07. The van der Waals surface area contributed by atoms with Crippen LogP contribution in [0.4, 0.5) is 5.69 Å². The van der Waals surface area contributed by atoms with Crippen molar-refractivity contribution in [3.63, 3.8) is 0 Å². The van der Waals surface area contributed by atoms with Crippen molar-refractivity contribution >= 4 is 5.69 Å². The molecular formula is C17H23N3O. The van der Waals surface area contributed by atoms with Gasteiger partial charge in [0.15, 0.2) is 0 Å². The second-order valence-electron chi connectivity index (χ2n) is 5.26. The summed E-state index contributed by atoms with van der Waals surface area (Å²) in [4.78, 5) is 6.70. The first-order valence-electron chi connectivity index (χ1n) is 7.06. The van der Waals surface area contributed by atoms with E-state index in [2.05, 4.69) is 35.1 Å². The van der Waals surface area contributed by atoms with E-state index in [1.165, 1.54) is 5.56 Å². The number of aryl methyl sites for hydroxylation is 2. The van der Waals surface area contributed by atoms with Crippen LogP contribution in [-0.2, 0) is 13.1 Å². The van der Waals surface area contributed by atoms with E-state index in [1.807, 2.05) is 26.0 Å². The Labute approximate surface area is 126 Å². The lowest BCUT2D eigenvalue weighted by atomic mass is 10.1. The Morgan fingerprint density at radius 2 is 2.00 bits per heavy atom. The molecule has 1 heterocycles. The summed E-state index contributed by atoms with van der Waals surface area (Å²) in [5.74, 6) is 0.877. The monoisotopic (exact) mass is 285 g/mol. The molecule has 2 N–H and O–H groups in total. The lowest BCUT2D eigenvalue weighted by Crippen LogP contribution is -2.20. The summed E-state index contributed by atoms with van der Waals surface area (Å²) in [5, 5.41) is 0. The zero-order valence-corrected chi connectivity index (χ0v) is 13.2. The molecule has 0 radical (unpaired) electrons. The fraction of sp³-hybridized carbons (Fsp3) is 0.353. The molecule has 0 unspecified atom stereocenters. The maximum atomic E-state index is 5.89. The number of pyridine rings is 1. The van der Waals surface area contributed by atoms with Gasteiger partial charge in [0.2, 0.25) is 0 Å². The number of nitrogens with two attached hydrogens (primary N) is 1. The number of methoxy groups -OCH3 is 1. The average Bonchev–Trinajstić information content (AvgIpc) is 2.46. The van der Waals surface area contributed by atoms with Crippen LogP contribution in [0.15, 0.2) is 30.3 Å². The minimum Gasteiger partial charge on any atom is -0.497 e. The van der Waals surface area contributed by atoms with Crippen LogP contribution < -0.4 is 15.4 Å². The maximum Gasteiger partial charge on any atom is 0.119 e. The first-order chi connectivity index (χ1) is 10.0. The first kappa shape index (κ1) is 15.3. The number of rotatable bonds is 5. The molecule has 0 amide bonds. The van der Waals surface area contributed by atoms with E-state index < -0.39 is 0 Å². The quantitative estimate of drug-likeness (QED) is 0.918. The Balaban J connectivity index is 2.29. The number of anilines is 1. The minimum atomic E-state index is 0.497. The molecule has 2 aromatic rings. The van der Waals surface area contributed by atoms with Crippen molar-refractivity contribution in [1.82, 2.24) is 4.98 Å². The van der Waals surface area contributed by atoms with Crippen LogP contribution in [0.5, 0.6) is 5.75 Å². The van der Waals surface area contributed by atoms with Gasteiger partial charge in [0.05, 0.1) is 7.11 Å². The molecule has 2 rings (SSSR count). The predicted octanol–water partition coefficient (Wildman–Crippen LogP) is 2.80. The summed E-state index contributed by atoms with van der Waals surface area (Å²) in [6, 6.07) is 10.2. The van der Waals surface area contributed by atoms with E-state index in [4.69, 9.17) is 10.5 Å². The van der Waals surface area contributed by atoms with E-state index in [-0.39, 0.29) is 0 Å². The number of hydrogen-bond donors (Lipinski definition) is 1. The molecule has 0 fully saturated rings. The molecular weight excluding hydrogens is 262 g/mol. The molecule has 1 aromatic heterocycles. The molecule has 0 aliphatic carbocycles. The zero-order chi connectivity index (χ0) is 15.4. The highest BCUT2D eigenvalue weighted by Crippen LogP contribution is 2.24. The molecule has 0 atom stereocenters. The van der Waals surface area contributed by atoms with Gasteiger partial charge in [-0.05, 0) is 37.6 Å². The summed E-state index contributed by atoms with van der Waals surface area (Å²) in [7, 11) is 3.76. The summed E-state index contributed by atoms with van der Waals surface area (Å²) in [6.45, 7) is 5.32. The van der Waals surface area contributed by atoms with Crippen LogP contribution in [-0.4, -0.2) is 19.1 Å². The Bertz CT molecular complexity index is 625. The molecule has 0 spiro atoms. The zero-order valence-electron chi connectivity index (χ0n) is 13.2. The highest BCUT2D eigenvalue weighted by molar-refractivity contribution is 5.56. The van der Waals surface area contributed by atoms with Crippen LogP contribution in [0, 0.1) is 13.8 Å². The fourth-order valence-corrected chi connectivity index (χ4v) is 2.56. The van der Waals surface area contributed by atoms with Gasteiger partial charge in [-0.1, -0.05) is 12.1 Å². The summed E-state index contributed by atoms with van der Waals surface area (Å²) < 4.78 is 5.28. The second-order valence-corrected chi connectivity index (χ2v) is 5.26. The molecule has 0 saturated heterocycles. The van der Waals surface area contributed by atoms with E-state index in [1.54, 1.807) is 7.11 Å². The molecule has 0 saturated carbocycles. The lowest BCUT2D eigenvalue weighted by Gasteiger charge is -2.24. The smallest absolute Gasteiger partial charge is 0.119 e. The van der Waals surface area contributed by atoms with Crippen molar-refractivity contribution in [2.24, 2.45) is 5.73 Å². The van der Waals surface area contributed by atoms with Crippen LogP contribution in [0.3, 0.4) is 0 Å². The number of ether oxygens (including phenoxy) is 1. The average molecular weight is 285 g/mol. The minimum absolute atomic E-state index is 0.497. The number of benzene rings is 1. The topological polar surface area (TPSA) is 51.4 Å². The van der Waals surface area contributed by atoms with Gasteiger partial charge in [-0.15, -0.1) is 0 Å². The molecule has 4 nitrogen and oxygen atoms in total. The summed E-state index contributed by atoms with van der Waals surface area (Å²) >= 11 is 0. The van der Waals surface area contributed by atoms with E-state index in [9.17, 15) is 0 Å². The van der Waals surface area contributed by atoms with Crippen LogP contribution >= 0.6 is 0 Å². The van der Waals surface area contributed by atoms with Gasteiger partial charge in [-0.3, -0.25) is 4.98 Å². The van der Waals surface area contributed by atoms with Gasteiger partial charge in [-0.2, -0.15) is 0 Å². The highest BCUT2D eigenvalue weighted by atomic mass is 16.5. The third-order valence-electron chi connectivity index (χ3n) is 3.60. The fourth-order valence-electron chi connectivity index (χ4n) is 2.56. The third kappa shape index (κ3) is 3.52. The molecule has 21 heavy (non-hydrogen) atoms. The van der Waals surface area contributed by atoms with Crippen molar-refractivity contribution in [3.8, 4) is 5.75 Å².